The molecule has 0 radical (unpaired) electrons. The maximum atomic E-state index is 6.18. The molecule has 1 aliphatic rings. The first-order chi connectivity index (χ1) is 9.11. The zero-order valence-electron chi connectivity index (χ0n) is 11.8. The van der Waals surface area contributed by atoms with Crippen LogP contribution in [0.2, 0.25) is 10.0 Å². The summed E-state index contributed by atoms with van der Waals surface area (Å²) in [6, 6.07) is 6.14. The molecular weight excluding hydrogens is 277 g/mol. The zero-order valence-corrected chi connectivity index (χ0v) is 13.3. The van der Waals surface area contributed by atoms with Crippen molar-refractivity contribution >= 4 is 23.2 Å². The minimum Gasteiger partial charge on any atom is -0.316 e. The number of rotatable bonds is 6. The van der Waals surface area contributed by atoms with E-state index in [0.717, 1.165) is 19.0 Å². The molecule has 1 N–H and O–H groups in total. The van der Waals surface area contributed by atoms with E-state index in [0.29, 0.717) is 10.0 Å². The molecule has 0 atom stereocenters. The standard InChI is InChI=1S/C16H23Cl2N/c1-3-7-19-11-16(9-12(4-2)10-16)13-5-6-14(17)15(18)8-13/h5-6,8,12,19H,3-4,7,9-11H2,1-2H3. The van der Waals surface area contributed by atoms with Crippen LogP contribution < -0.4 is 5.32 Å². The van der Waals surface area contributed by atoms with E-state index in [1.165, 1.54) is 31.2 Å². The molecule has 0 bridgehead atoms. The SMILES string of the molecule is CCCNCC1(c2ccc(Cl)c(Cl)c2)CC(CC)C1. The van der Waals surface area contributed by atoms with Crippen molar-refractivity contribution in [3.63, 3.8) is 0 Å². The lowest BCUT2D eigenvalue weighted by atomic mass is 9.58. The van der Waals surface area contributed by atoms with Crippen LogP contribution in [0.4, 0.5) is 0 Å². The highest BCUT2D eigenvalue weighted by molar-refractivity contribution is 6.42. The van der Waals surface area contributed by atoms with Crippen molar-refractivity contribution in [2.75, 3.05) is 13.1 Å². The van der Waals surface area contributed by atoms with Gasteiger partial charge in [0.15, 0.2) is 0 Å². The highest BCUT2D eigenvalue weighted by Crippen LogP contribution is 2.49. The fourth-order valence-corrected chi connectivity index (χ4v) is 3.44. The van der Waals surface area contributed by atoms with Gasteiger partial charge in [-0.25, -0.2) is 0 Å². The van der Waals surface area contributed by atoms with Crippen molar-refractivity contribution in [1.29, 1.82) is 0 Å². The van der Waals surface area contributed by atoms with E-state index in [9.17, 15) is 0 Å². The van der Waals surface area contributed by atoms with E-state index in [-0.39, 0.29) is 5.41 Å². The lowest BCUT2D eigenvalue weighted by Crippen LogP contribution is -2.48. The van der Waals surface area contributed by atoms with Crippen LogP contribution in [0.5, 0.6) is 0 Å². The number of benzene rings is 1. The van der Waals surface area contributed by atoms with Gasteiger partial charge in [0, 0.05) is 12.0 Å². The van der Waals surface area contributed by atoms with E-state index in [4.69, 9.17) is 23.2 Å². The Morgan fingerprint density at radius 1 is 1.21 bits per heavy atom. The van der Waals surface area contributed by atoms with Crippen molar-refractivity contribution < 1.29 is 0 Å². The van der Waals surface area contributed by atoms with Crippen LogP contribution in [0, 0.1) is 5.92 Å². The van der Waals surface area contributed by atoms with Gasteiger partial charge in [-0.05, 0) is 49.4 Å². The number of hydrogen-bond donors (Lipinski definition) is 1. The molecule has 1 aromatic carbocycles. The molecule has 1 saturated carbocycles. The molecule has 0 amide bonds. The Labute approximate surface area is 126 Å². The second-order valence-electron chi connectivity index (χ2n) is 5.77. The molecule has 0 spiro atoms. The van der Waals surface area contributed by atoms with Crippen LogP contribution >= 0.6 is 23.2 Å². The van der Waals surface area contributed by atoms with Gasteiger partial charge in [0.2, 0.25) is 0 Å². The Balaban J connectivity index is 2.15. The molecule has 0 heterocycles. The number of hydrogen-bond acceptors (Lipinski definition) is 1. The summed E-state index contributed by atoms with van der Waals surface area (Å²) < 4.78 is 0. The van der Waals surface area contributed by atoms with Gasteiger partial charge in [-0.15, -0.1) is 0 Å². The summed E-state index contributed by atoms with van der Waals surface area (Å²) in [6.45, 7) is 6.62. The van der Waals surface area contributed by atoms with Crippen LogP contribution in [0.1, 0.15) is 45.1 Å². The third kappa shape index (κ3) is 3.26. The van der Waals surface area contributed by atoms with Gasteiger partial charge in [-0.2, -0.15) is 0 Å². The molecule has 2 rings (SSSR count). The largest absolute Gasteiger partial charge is 0.316 e. The number of halogens is 2. The average molecular weight is 300 g/mol. The molecule has 1 aromatic rings. The Morgan fingerprint density at radius 3 is 2.53 bits per heavy atom. The van der Waals surface area contributed by atoms with Crippen molar-refractivity contribution in [3.05, 3.63) is 33.8 Å². The summed E-state index contributed by atoms with van der Waals surface area (Å²) in [4.78, 5) is 0. The summed E-state index contributed by atoms with van der Waals surface area (Å²) in [5.74, 6) is 0.859. The molecule has 19 heavy (non-hydrogen) atoms. The van der Waals surface area contributed by atoms with Crippen molar-refractivity contribution in [2.45, 2.75) is 44.9 Å². The van der Waals surface area contributed by atoms with E-state index in [1.54, 1.807) is 0 Å². The van der Waals surface area contributed by atoms with Gasteiger partial charge in [0.05, 0.1) is 10.0 Å². The summed E-state index contributed by atoms with van der Waals surface area (Å²) in [7, 11) is 0. The molecule has 0 aliphatic heterocycles. The molecule has 106 valence electrons. The first kappa shape index (κ1) is 15.2. The Bertz CT molecular complexity index is 425. The first-order valence-corrected chi connectivity index (χ1v) is 8.03. The molecule has 0 unspecified atom stereocenters. The average Bonchev–Trinajstić information content (AvgIpc) is 2.36. The van der Waals surface area contributed by atoms with Crippen LogP contribution in [-0.2, 0) is 5.41 Å². The summed E-state index contributed by atoms with van der Waals surface area (Å²) in [6.07, 6.45) is 4.97. The molecule has 0 saturated heterocycles. The number of nitrogens with one attached hydrogen (secondary N) is 1. The second-order valence-corrected chi connectivity index (χ2v) is 6.58. The molecule has 1 nitrogen and oxygen atoms in total. The first-order valence-electron chi connectivity index (χ1n) is 7.27. The highest BCUT2D eigenvalue weighted by Gasteiger charge is 2.44. The zero-order chi connectivity index (χ0) is 13.9. The molecule has 1 aliphatic carbocycles. The van der Waals surface area contributed by atoms with Crippen molar-refractivity contribution in [1.82, 2.24) is 5.32 Å². The highest BCUT2D eigenvalue weighted by atomic mass is 35.5. The lowest BCUT2D eigenvalue weighted by molar-refractivity contribution is 0.134. The minimum atomic E-state index is 0.268. The second kappa shape index (κ2) is 6.47. The molecule has 0 aromatic heterocycles. The van der Waals surface area contributed by atoms with Crippen LogP contribution in [0.3, 0.4) is 0 Å². The van der Waals surface area contributed by atoms with Gasteiger partial charge in [0.1, 0.15) is 0 Å². The lowest BCUT2D eigenvalue weighted by Gasteiger charge is -2.48. The Hall–Kier alpha value is -0.240. The van der Waals surface area contributed by atoms with Crippen LogP contribution in [0.25, 0.3) is 0 Å². The van der Waals surface area contributed by atoms with Gasteiger partial charge in [-0.3, -0.25) is 0 Å². The maximum absolute atomic E-state index is 6.18. The summed E-state index contributed by atoms with van der Waals surface area (Å²) in [5, 5.41) is 4.90. The van der Waals surface area contributed by atoms with Crippen LogP contribution in [0.15, 0.2) is 18.2 Å². The third-order valence-corrected chi connectivity index (χ3v) is 5.10. The van der Waals surface area contributed by atoms with E-state index < -0.39 is 0 Å². The summed E-state index contributed by atoms with van der Waals surface area (Å²) >= 11 is 12.2. The predicted molar refractivity (Wildman–Crippen MR) is 84.3 cm³/mol. The summed E-state index contributed by atoms with van der Waals surface area (Å²) in [5.41, 5.74) is 1.61. The van der Waals surface area contributed by atoms with Gasteiger partial charge in [-0.1, -0.05) is 49.5 Å². The monoisotopic (exact) mass is 299 g/mol. The fourth-order valence-electron chi connectivity index (χ4n) is 3.15. The van der Waals surface area contributed by atoms with Crippen LogP contribution in [-0.4, -0.2) is 13.1 Å². The minimum absolute atomic E-state index is 0.268. The van der Waals surface area contributed by atoms with Crippen molar-refractivity contribution in [3.8, 4) is 0 Å². The molecular formula is C16H23Cl2N. The topological polar surface area (TPSA) is 12.0 Å². The fraction of sp³-hybridized carbons (Fsp3) is 0.625. The third-order valence-electron chi connectivity index (χ3n) is 4.36. The molecule has 3 heteroatoms. The van der Waals surface area contributed by atoms with E-state index >= 15 is 0 Å². The van der Waals surface area contributed by atoms with Gasteiger partial charge >= 0.3 is 0 Å². The Morgan fingerprint density at radius 2 is 1.95 bits per heavy atom. The maximum Gasteiger partial charge on any atom is 0.0595 e. The Kier molecular flexibility index (Phi) is 5.16. The van der Waals surface area contributed by atoms with Gasteiger partial charge < -0.3 is 5.32 Å². The van der Waals surface area contributed by atoms with E-state index in [2.05, 4.69) is 31.3 Å². The van der Waals surface area contributed by atoms with Gasteiger partial charge in [0.25, 0.3) is 0 Å². The quantitative estimate of drug-likeness (QED) is 0.725. The van der Waals surface area contributed by atoms with Crippen molar-refractivity contribution in [2.24, 2.45) is 5.92 Å². The normalized spacial score (nSPS) is 26.2. The van der Waals surface area contributed by atoms with E-state index in [1.807, 2.05) is 6.07 Å². The molecule has 1 fully saturated rings. The smallest absolute Gasteiger partial charge is 0.0595 e. The predicted octanol–water partition coefficient (Wildman–Crippen LogP) is 5.05.